The number of thiophene rings is 1. The molecule has 2 aromatic carbocycles. The fraction of sp³-hybridized carbons (Fsp3) is 0.143. The fourth-order valence-corrected chi connectivity index (χ4v) is 4.40. The van der Waals surface area contributed by atoms with E-state index >= 15 is 0 Å². The maximum atomic E-state index is 12.2. The quantitative estimate of drug-likeness (QED) is 0.389. The summed E-state index contributed by atoms with van der Waals surface area (Å²) in [6.45, 7) is 1.88. The molecule has 0 fully saturated rings. The number of halogens is 1. The van der Waals surface area contributed by atoms with E-state index in [1.54, 1.807) is 18.0 Å². The van der Waals surface area contributed by atoms with E-state index in [0.29, 0.717) is 4.34 Å². The first-order valence-electron chi connectivity index (χ1n) is 8.46. The highest BCUT2D eigenvalue weighted by Gasteiger charge is 2.13. The van der Waals surface area contributed by atoms with Crippen molar-refractivity contribution >= 4 is 46.8 Å². The zero-order chi connectivity index (χ0) is 19.1. The van der Waals surface area contributed by atoms with E-state index in [1.807, 2.05) is 61.5 Å². The molecule has 0 saturated carbocycles. The third-order valence-electron chi connectivity index (χ3n) is 3.86. The van der Waals surface area contributed by atoms with Gasteiger partial charge in [0, 0.05) is 16.2 Å². The van der Waals surface area contributed by atoms with Gasteiger partial charge in [-0.25, -0.2) is 5.43 Å². The van der Waals surface area contributed by atoms with Gasteiger partial charge >= 0.3 is 0 Å². The van der Waals surface area contributed by atoms with E-state index in [-0.39, 0.29) is 11.2 Å². The first-order chi connectivity index (χ1) is 13.1. The summed E-state index contributed by atoms with van der Waals surface area (Å²) in [7, 11) is 0. The summed E-state index contributed by atoms with van der Waals surface area (Å²) < 4.78 is 0.651. The van der Waals surface area contributed by atoms with Gasteiger partial charge in [0.05, 0.1) is 11.5 Å². The number of nitrogens with zero attached hydrogens (tertiary/aromatic N) is 1. The Balaban J connectivity index is 1.54. The molecule has 27 heavy (non-hydrogen) atoms. The number of amides is 1. The molecule has 1 atom stereocenters. The third kappa shape index (κ3) is 5.70. The van der Waals surface area contributed by atoms with Crippen molar-refractivity contribution in [2.24, 2.45) is 5.10 Å². The first-order valence-corrected chi connectivity index (χ1v) is 10.7. The highest BCUT2D eigenvalue weighted by atomic mass is 35.5. The van der Waals surface area contributed by atoms with Gasteiger partial charge in [0.15, 0.2) is 0 Å². The summed E-state index contributed by atoms with van der Waals surface area (Å²) in [5, 5.41) is 3.88. The molecule has 0 unspecified atom stereocenters. The summed E-state index contributed by atoms with van der Waals surface area (Å²) in [4.78, 5) is 13.3. The lowest BCUT2D eigenvalue weighted by Gasteiger charge is -2.09. The Labute approximate surface area is 172 Å². The predicted octanol–water partition coefficient (Wildman–Crippen LogP) is 5.84. The van der Waals surface area contributed by atoms with Crippen molar-refractivity contribution < 1.29 is 4.79 Å². The molecule has 6 heteroatoms. The van der Waals surface area contributed by atoms with Crippen LogP contribution in [0, 0.1) is 0 Å². The molecule has 0 spiro atoms. The highest BCUT2D eigenvalue weighted by molar-refractivity contribution is 7.99. The number of carbonyl (C=O) groups is 1. The summed E-state index contributed by atoms with van der Waals surface area (Å²) in [5.74, 6) is 0.664. The number of rotatable bonds is 7. The lowest BCUT2D eigenvalue weighted by Crippen LogP contribution is -2.26. The molecule has 0 aliphatic carbocycles. The molecule has 0 aliphatic heterocycles. The van der Waals surface area contributed by atoms with Gasteiger partial charge in [0.2, 0.25) is 0 Å². The second-order valence-corrected chi connectivity index (χ2v) is 8.86. The lowest BCUT2D eigenvalue weighted by atomic mass is 10.2. The molecule has 1 amide bonds. The van der Waals surface area contributed by atoms with E-state index in [9.17, 15) is 4.79 Å². The smallest absolute Gasteiger partial charge is 0.252 e. The van der Waals surface area contributed by atoms with Crippen molar-refractivity contribution in [2.75, 3.05) is 0 Å². The average Bonchev–Trinajstić information content (AvgIpc) is 3.08. The number of carbonyl (C=O) groups excluding carboxylic acids is 1. The molecule has 0 aliphatic rings. The normalized spacial score (nSPS) is 12.2. The Bertz CT molecular complexity index is 910. The van der Waals surface area contributed by atoms with Gasteiger partial charge in [0.25, 0.3) is 5.91 Å². The van der Waals surface area contributed by atoms with Gasteiger partial charge < -0.3 is 0 Å². The Morgan fingerprint density at radius 1 is 1.19 bits per heavy atom. The van der Waals surface area contributed by atoms with Crippen LogP contribution in [0.1, 0.15) is 18.1 Å². The van der Waals surface area contributed by atoms with Crippen LogP contribution in [-0.4, -0.2) is 17.4 Å². The molecule has 0 radical (unpaired) electrons. The zero-order valence-electron chi connectivity index (χ0n) is 14.8. The first kappa shape index (κ1) is 19.7. The maximum Gasteiger partial charge on any atom is 0.252 e. The largest absolute Gasteiger partial charge is 0.272 e. The fourth-order valence-electron chi connectivity index (χ4n) is 2.34. The Hall–Kier alpha value is -2.08. The van der Waals surface area contributed by atoms with E-state index in [2.05, 4.69) is 22.7 Å². The number of hydrazone groups is 1. The van der Waals surface area contributed by atoms with Crippen molar-refractivity contribution in [3.05, 3.63) is 82.2 Å². The summed E-state index contributed by atoms with van der Waals surface area (Å²) >= 11 is 9.37. The number of hydrogen-bond acceptors (Lipinski definition) is 4. The monoisotopic (exact) mass is 414 g/mol. The minimum Gasteiger partial charge on any atom is -0.272 e. The van der Waals surface area contributed by atoms with E-state index in [4.69, 9.17) is 11.6 Å². The summed E-state index contributed by atoms with van der Waals surface area (Å²) in [5.41, 5.74) is 5.70. The Morgan fingerprint density at radius 3 is 2.56 bits per heavy atom. The van der Waals surface area contributed by atoms with Crippen LogP contribution in [0.5, 0.6) is 0 Å². The van der Waals surface area contributed by atoms with E-state index in [1.165, 1.54) is 16.9 Å². The molecule has 1 aromatic heterocycles. The minimum absolute atomic E-state index is 0.123. The van der Waals surface area contributed by atoms with Crippen LogP contribution < -0.4 is 5.43 Å². The second kappa shape index (κ2) is 9.74. The number of thioether (sulfide) groups is 1. The third-order valence-corrected chi connectivity index (χ3v) is 6.51. The average molecular weight is 415 g/mol. The molecular weight excluding hydrogens is 396 g/mol. The van der Waals surface area contributed by atoms with Gasteiger partial charge in [-0.15, -0.1) is 23.1 Å². The van der Waals surface area contributed by atoms with Gasteiger partial charge in [-0.2, -0.15) is 5.10 Å². The Kier molecular flexibility index (Phi) is 7.10. The van der Waals surface area contributed by atoms with Crippen LogP contribution in [-0.2, 0) is 10.5 Å². The van der Waals surface area contributed by atoms with Crippen molar-refractivity contribution in [3.63, 3.8) is 0 Å². The van der Waals surface area contributed by atoms with Crippen LogP contribution in [0.15, 0.2) is 71.8 Å². The summed E-state index contributed by atoms with van der Waals surface area (Å²) in [6.07, 6.45) is 1.59. The standard InChI is InChI=1S/C21H19ClN2OS2/c1-15(26-14-16-8-4-2-5-9-16)21(25)24-23-13-18-12-19(27-20(18)22)17-10-6-3-7-11-17/h2-13,15H,14H2,1H3,(H,24,25)/b23-13-/t15-/m1/s1. The molecule has 0 saturated heterocycles. The minimum atomic E-state index is -0.194. The van der Waals surface area contributed by atoms with Crippen molar-refractivity contribution in [1.29, 1.82) is 0 Å². The van der Waals surface area contributed by atoms with Crippen LogP contribution in [0.2, 0.25) is 4.34 Å². The zero-order valence-corrected chi connectivity index (χ0v) is 17.2. The van der Waals surface area contributed by atoms with Crippen LogP contribution in [0.3, 0.4) is 0 Å². The molecular formula is C21H19ClN2OS2. The predicted molar refractivity (Wildman–Crippen MR) is 118 cm³/mol. The van der Waals surface area contributed by atoms with Crippen LogP contribution in [0.4, 0.5) is 0 Å². The van der Waals surface area contributed by atoms with Gasteiger partial charge in [0.1, 0.15) is 4.34 Å². The van der Waals surface area contributed by atoms with Crippen molar-refractivity contribution in [1.82, 2.24) is 5.43 Å². The van der Waals surface area contributed by atoms with Crippen molar-refractivity contribution in [2.45, 2.75) is 17.9 Å². The van der Waals surface area contributed by atoms with Gasteiger partial charge in [-0.1, -0.05) is 72.3 Å². The number of nitrogens with one attached hydrogen (secondary N) is 1. The van der Waals surface area contributed by atoms with Gasteiger partial charge in [-0.05, 0) is 24.1 Å². The van der Waals surface area contributed by atoms with E-state index in [0.717, 1.165) is 21.8 Å². The molecule has 3 nitrogen and oxygen atoms in total. The molecule has 138 valence electrons. The number of hydrogen-bond donors (Lipinski definition) is 1. The van der Waals surface area contributed by atoms with Gasteiger partial charge in [-0.3, -0.25) is 4.79 Å². The summed E-state index contributed by atoms with van der Waals surface area (Å²) in [6, 6.07) is 22.1. The second-order valence-electron chi connectivity index (χ2n) is 5.88. The lowest BCUT2D eigenvalue weighted by molar-refractivity contribution is -0.120. The molecule has 1 heterocycles. The molecule has 3 rings (SSSR count). The van der Waals surface area contributed by atoms with Crippen LogP contribution >= 0.6 is 34.7 Å². The number of benzene rings is 2. The molecule has 3 aromatic rings. The molecule has 0 bridgehead atoms. The van der Waals surface area contributed by atoms with Crippen LogP contribution in [0.25, 0.3) is 10.4 Å². The highest BCUT2D eigenvalue weighted by Crippen LogP contribution is 2.33. The SMILES string of the molecule is C[C@@H](SCc1ccccc1)C(=O)N/N=C\c1cc(-c2ccccc2)sc1Cl. The molecule has 1 N–H and O–H groups in total. The van der Waals surface area contributed by atoms with E-state index < -0.39 is 0 Å². The van der Waals surface area contributed by atoms with Crippen molar-refractivity contribution in [3.8, 4) is 10.4 Å². The maximum absolute atomic E-state index is 12.2. The topological polar surface area (TPSA) is 41.5 Å². The Morgan fingerprint density at radius 2 is 1.85 bits per heavy atom.